The molecule has 0 atom stereocenters. The molecule has 0 fully saturated rings. The molecular weight excluding hydrogens is 232 g/mol. The summed E-state index contributed by atoms with van der Waals surface area (Å²) < 4.78 is 0. The van der Waals surface area contributed by atoms with Crippen LogP contribution in [0.15, 0.2) is 6.20 Å². The second kappa shape index (κ2) is 11.1. The predicted octanol–water partition coefficient (Wildman–Crippen LogP) is 5.44. The van der Waals surface area contributed by atoms with Gasteiger partial charge in [-0.3, -0.25) is 0 Å². The normalized spacial score (nSPS) is 11.1. The minimum atomic E-state index is 1.13. The molecule has 0 radical (unpaired) electrons. The quantitative estimate of drug-likeness (QED) is 0.501. The van der Waals surface area contributed by atoms with Crippen LogP contribution in [0.5, 0.6) is 0 Å². The summed E-state index contributed by atoms with van der Waals surface area (Å²) in [5, 5.41) is 0. The number of nitrogens with one attached hydrogen (secondary N) is 1. The lowest BCUT2D eigenvalue weighted by Gasteiger charge is -1.99. The highest BCUT2D eigenvalue weighted by Crippen LogP contribution is 2.10. The Labute approximate surface area is 119 Å². The van der Waals surface area contributed by atoms with Crippen LogP contribution in [0.1, 0.15) is 89.6 Å². The van der Waals surface area contributed by atoms with Crippen molar-refractivity contribution in [3.8, 4) is 0 Å². The van der Waals surface area contributed by atoms with E-state index in [0.29, 0.717) is 0 Å². The summed E-state index contributed by atoms with van der Waals surface area (Å²) in [5.74, 6) is 1.20. The lowest BCUT2D eigenvalue weighted by Crippen LogP contribution is -1.90. The fourth-order valence-corrected chi connectivity index (χ4v) is 2.47. The minimum absolute atomic E-state index is 1.13. The monoisotopic (exact) mass is 264 g/mol. The van der Waals surface area contributed by atoms with Crippen molar-refractivity contribution in [2.24, 2.45) is 0 Å². The Morgan fingerprint density at radius 2 is 1.37 bits per heavy atom. The average Bonchev–Trinajstić information content (AvgIpc) is 2.87. The molecule has 1 rings (SSSR count). The van der Waals surface area contributed by atoms with Gasteiger partial charge in [-0.25, -0.2) is 4.98 Å². The van der Waals surface area contributed by atoms with Gasteiger partial charge in [-0.05, 0) is 19.3 Å². The number of aryl methyl sites for hydroxylation is 2. The zero-order chi connectivity index (χ0) is 13.8. The molecule has 0 spiro atoms. The van der Waals surface area contributed by atoms with E-state index >= 15 is 0 Å². The Bertz CT molecular complexity index is 304. The highest BCUT2D eigenvalue weighted by atomic mass is 14.9. The number of H-pyrrole nitrogens is 1. The number of rotatable bonds is 12. The predicted molar refractivity (Wildman–Crippen MR) is 83.5 cm³/mol. The third-order valence-corrected chi connectivity index (χ3v) is 3.75. The van der Waals surface area contributed by atoms with Crippen molar-refractivity contribution in [2.45, 2.75) is 90.9 Å². The van der Waals surface area contributed by atoms with E-state index in [2.05, 4.69) is 23.8 Å². The second-order valence-electron chi connectivity index (χ2n) is 5.68. The molecule has 19 heavy (non-hydrogen) atoms. The van der Waals surface area contributed by atoms with Crippen molar-refractivity contribution in [2.75, 3.05) is 0 Å². The minimum Gasteiger partial charge on any atom is -0.346 e. The van der Waals surface area contributed by atoms with Gasteiger partial charge in [0.2, 0.25) is 0 Å². The van der Waals surface area contributed by atoms with Gasteiger partial charge >= 0.3 is 0 Å². The van der Waals surface area contributed by atoms with E-state index in [9.17, 15) is 0 Å². The topological polar surface area (TPSA) is 28.7 Å². The Morgan fingerprint density at radius 1 is 0.789 bits per heavy atom. The maximum Gasteiger partial charge on any atom is 0.106 e. The van der Waals surface area contributed by atoms with Gasteiger partial charge in [0.25, 0.3) is 0 Å². The molecule has 0 bridgehead atoms. The van der Waals surface area contributed by atoms with Crippen LogP contribution >= 0.6 is 0 Å². The molecule has 1 aromatic rings. The van der Waals surface area contributed by atoms with Gasteiger partial charge in [-0.15, -0.1) is 0 Å². The number of aromatic nitrogens is 2. The molecule has 0 unspecified atom stereocenters. The molecule has 0 saturated carbocycles. The Morgan fingerprint density at radius 3 is 2.11 bits per heavy atom. The fourth-order valence-electron chi connectivity index (χ4n) is 2.47. The van der Waals surface area contributed by atoms with E-state index in [4.69, 9.17) is 0 Å². The van der Waals surface area contributed by atoms with Crippen LogP contribution in [0, 0.1) is 0 Å². The summed E-state index contributed by atoms with van der Waals surface area (Å²) >= 11 is 0. The van der Waals surface area contributed by atoms with Crippen molar-refractivity contribution in [1.82, 2.24) is 9.97 Å². The largest absolute Gasteiger partial charge is 0.346 e. The van der Waals surface area contributed by atoms with E-state index in [1.54, 1.807) is 0 Å². The van der Waals surface area contributed by atoms with Crippen LogP contribution in [-0.2, 0) is 12.8 Å². The molecule has 2 nitrogen and oxygen atoms in total. The van der Waals surface area contributed by atoms with Crippen LogP contribution in [0.3, 0.4) is 0 Å². The van der Waals surface area contributed by atoms with Gasteiger partial charge in [0.1, 0.15) is 5.82 Å². The van der Waals surface area contributed by atoms with Crippen LogP contribution in [0.2, 0.25) is 0 Å². The van der Waals surface area contributed by atoms with Crippen molar-refractivity contribution < 1.29 is 0 Å². The van der Waals surface area contributed by atoms with Gasteiger partial charge < -0.3 is 4.98 Å². The summed E-state index contributed by atoms with van der Waals surface area (Å²) in [6.07, 6.45) is 17.8. The van der Waals surface area contributed by atoms with Crippen LogP contribution in [0.25, 0.3) is 0 Å². The number of nitrogens with zero attached hydrogens (tertiary/aromatic N) is 1. The van der Waals surface area contributed by atoms with E-state index in [1.807, 2.05) is 6.20 Å². The van der Waals surface area contributed by atoms with E-state index in [0.717, 1.165) is 6.42 Å². The van der Waals surface area contributed by atoms with Gasteiger partial charge in [-0.1, -0.05) is 65.2 Å². The first-order valence-corrected chi connectivity index (χ1v) is 8.39. The third kappa shape index (κ3) is 8.07. The van der Waals surface area contributed by atoms with Crippen molar-refractivity contribution in [3.63, 3.8) is 0 Å². The maximum absolute atomic E-state index is 4.49. The standard InChI is InChI=1S/C17H32N2/c1-3-5-7-9-10-12-14-17-18-15-16(19-17)13-11-8-6-4-2/h15H,3-14H2,1-2H3,(H,18,19). The molecule has 0 aliphatic heterocycles. The van der Waals surface area contributed by atoms with E-state index < -0.39 is 0 Å². The average molecular weight is 264 g/mol. The van der Waals surface area contributed by atoms with Crippen molar-refractivity contribution in [1.29, 1.82) is 0 Å². The zero-order valence-corrected chi connectivity index (χ0v) is 13.0. The van der Waals surface area contributed by atoms with E-state index in [1.165, 1.54) is 82.1 Å². The Hall–Kier alpha value is -0.790. The highest BCUT2D eigenvalue weighted by Gasteiger charge is 2.00. The van der Waals surface area contributed by atoms with Crippen LogP contribution in [-0.4, -0.2) is 9.97 Å². The summed E-state index contributed by atoms with van der Waals surface area (Å²) in [4.78, 5) is 7.97. The lowest BCUT2D eigenvalue weighted by atomic mass is 10.1. The first kappa shape index (κ1) is 16.3. The zero-order valence-electron chi connectivity index (χ0n) is 13.0. The summed E-state index contributed by atoms with van der Waals surface area (Å²) in [7, 11) is 0. The first-order valence-electron chi connectivity index (χ1n) is 8.39. The smallest absolute Gasteiger partial charge is 0.106 e. The number of hydrogen-bond acceptors (Lipinski definition) is 1. The molecule has 1 N–H and O–H groups in total. The number of aromatic amines is 1. The molecule has 110 valence electrons. The van der Waals surface area contributed by atoms with Crippen molar-refractivity contribution >= 4 is 0 Å². The Balaban J connectivity index is 2.06. The van der Waals surface area contributed by atoms with Gasteiger partial charge in [-0.2, -0.15) is 0 Å². The van der Waals surface area contributed by atoms with Crippen molar-refractivity contribution in [3.05, 3.63) is 17.7 Å². The van der Waals surface area contributed by atoms with E-state index in [-0.39, 0.29) is 0 Å². The van der Waals surface area contributed by atoms with Gasteiger partial charge in [0, 0.05) is 18.3 Å². The SMILES string of the molecule is CCCCCCCCc1ncc(CCCCCC)[nH]1. The van der Waals surface area contributed by atoms with Crippen LogP contribution < -0.4 is 0 Å². The van der Waals surface area contributed by atoms with Gasteiger partial charge in [0.05, 0.1) is 0 Å². The molecule has 0 amide bonds. The molecule has 0 aliphatic rings. The molecule has 0 saturated heterocycles. The third-order valence-electron chi connectivity index (χ3n) is 3.75. The molecular formula is C17H32N2. The highest BCUT2D eigenvalue weighted by molar-refractivity contribution is 5.01. The Kier molecular flexibility index (Phi) is 9.48. The fraction of sp³-hybridized carbons (Fsp3) is 0.824. The summed E-state index contributed by atoms with van der Waals surface area (Å²) in [6.45, 7) is 4.53. The maximum atomic E-state index is 4.49. The van der Waals surface area contributed by atoms with Gasteiger partial charge in [0.15, 0.2) is 0 Å². The number of unbranched alkanes of at least 4 members (excludes halogenated alkanes) is 8. The lowest BCUT2D eigenvalue weighted by molar-refractivity contribution is 0.601. The second-order valence-corrected chi connectivity index (χ2v) is 5.68. The first-order chi connectivity index (χ1) is 9.36. The molecule has 0 aromatic carbocycles. The molecule has 1 heterocycles. The summed E-state index contributed by atoms with van der Waals surface area (Å²) in [5.41, 5.74) is 1.33. The summed E-state index contributed by atoms with van der Waals surface area (Å²) in [6, 6.07) is 0. The number of hydrogen-bond donors (Lipinski definition) is 1. The number of imidazole rings is 1. The molecule has 0 aliphatic carbocycles. The molecule has 1 aromatic heterocycles. The van der Waals surface area contributed by atoms with Crippen LogP contribution in [0.4, 0.5) is 0 Å². The molecule has 2 heteroatoms.